The molecule has 1 heterocycles. The molecule has 0 amide bonds. The van der Waals surface area contributed by atoms with Gasteiger partial charge in [0.2, 0.25) is 0 Å². The molecule has 1 atom stereocenters. The maximum Gasteiger partial charge on any atom is 0.0826 e. The Morgan fingerprint density at radius 1 is 1.21 bits per heavy atom. The van der Waals surface area contributed by atoms with Gasteiger partial charge in [-0.25, -0.2) is 0 Å². The van der Waals surface area contributed by atoms with Crippen LogP contribution in [0.4, 0.5) is 0 Å². The molecule has 78 valence electrons. The van der Waals surface area contributed by atoms with Crippen molar-refractivity contribution in [1.82, 2.24) is 0 Å². The van der Waals surface area contributed by atoms with Crippen molar-refractivity contribution < 1.29 is 5.11 Å². The lowest BCUT2D eigenvalue weighted by atomic mass is 9.91. The van der Waals surface area contributed by atoms with Gasteiger partial charge in [0.05, 0.1) is 6.10 Å². The highest BCUT2D eigenvalue weighted by atomic mass is 32.1. The quantitative estimate of drug-likeness (QED) is 0.737. The lowest BCUT2D eigenvalue weighted by Gasteiger charge is -2.20. The van der Waals surface area contributed by atoms with Crippen LogP contribution < -0.4 is 0 Å². The van der Waals surface area contributed by atoms with E-state index in [1.807, 2.05) is 0 Å². The minimum atomic E-state index is -0.209. The molecule has 0 saturated heterocycles. The highest BCUT2D eigenvalue weighted by Gasteiger charge is 2.21. The molecule has 0 spiro atoms. The average Bonchev–Trinajstić information content (AvgIpc) is 2.59. The minimum Gasteiger partial charge on any atom is -0.388 e. The first-order valence-corrected chi connectivity index (χ1v) is 6.52. The molecule has 0 radical (unpaired) electrons. The molecule has 1 aromatic rings. The van der Waals surface area contributed by atoms with Crippen molar-refractivity contribution in [3.05, 3.63) is 22.4 Å². The monoisotopic (exact) mass is 210 g/mol. The molecule has 0 aromatic carbocycles. The summed E-state index contributed by atoms with van der Waals surface area (Å²) in [7, 11) is 0. The second kappa shape index (κ2) is 4.94. The Hall–Kier alpha value is -0.340. The van der Waals surface area contributed by atoms with Gasteiger partial charge < -0.3 is 5.11 Å². The second-order valence-corrected chi connectivity index (χ2v) is 5.03. The highest BCUT2D eigenvalue weighted by molar-refractivity contribution is 7.07. The van der Waals surface area contributed by atoms with E-state index in [2.05, 4.69) is 16.8 Å². The van der Waals surface area contributed by atoms with Gasteiger partial charge in [0.15, 0.2) is 0 Å². The van der Waals surface area contributed by atoms with Crippen LogP contribution in [-0.2, 0) is 0 Å². The predicted molar refractivity (Wildman–Crippen MR) is 60.5 cm³/mol. The van der Waals surface area contributed by atoms with Crippen LogP contribution in [0.25, 0.3) is 0 Å². The van der Waals surface area contributed by atoms with E-state index in [9.17, 15) is 5.11 Å². The van der Waals surface area contributed by atoms with Gasteiger partial charge in [-0.05, 0) is 41.1 Å². The Morgan fingerprint density at radius 2 is 1.93 bits per heavy atom. The van der Waals surface area contributed by atoms with Gasteiger partial charge in [-0.1, -0.05) is 25.7 Å². The van der Waals surface area contributed by atoms with Crippen molar-refractivity contribution in [2.24, 2.45) is 5.92 Å². The first-order valence-electron chi connectivity index (χ1n) is 5.58. The van der Waals surface area contributed by atoms with E-state index in [0.717, 1.165) is 5.56 Å². The number of aliphatic hydroxyl groups is 1. The number of hydrogen-bond acceptors (Lipinski definition) is 2. The number of thiophene rings is 1. The third-order valence-electron chi connectivity index (χ3n) is 3.23. The predicted octanol–water partition coefficient (Wildman–Crippen LogP) is 3.75. The molecule has 1 N–H and O–H groups in total. The zero-order valence-electron chi connectivity index (χ0n) is 8.48. The highest BCUT2D eigenvalue weighted by Crippen LogP contribution is 2.33. The topological polar surface area (TPSA) is 20.2 Å². The van der Waals surface area contributed by atoms with E-state index >= 15 is 0 Å². The Bertz CT molecular complexity index is 247. The molecule has 1 unspecified atom stereocenters. The summed E-state index contributed by atoms with van der Waals surface area (Å²) in [5, 5.41) is 14.3. The van der Waals surface area contributed by atoms with Crippen LogP contribution >= 0.6 is 11.3 Å². The third-order valence-corrected chi connectivity index (χ3v) is 3.93. The SMILES string of the molecule is OC(c1ccsc1)C1CCCCCC1. The Morgan fingerprint density at radius 3 is 2.50 bits per heavy atom. The van der Waals surface area contributed by atoms with E-state index in [-0.39, 0.29) is 6.10 Å². The van der Waals surface area contributed by atoms with Gasteiger partial charge in [-0.2, -0.15) is 11.3 Å². The third kappa shape index (κ3) is 2.37. The summed E-state index contributed by atoms with van der Waals surface area (Å²) in [6, 6.07) is 2.06. The van der Waals surface area contributed by atoms with Crippen LogP contribution in [-0.4, -0.2) is 5.11 Å². The summed E-state index contributed by atoms with van der Waals surface area (Å²) in [6.07, 6.45) is 7.50. The van der Waals surface area contributed by atoms with Crippen LogP contribution in [0.3, 0.4) is 0 Å². The maximum absolute atomic E-state index is 10.2. The Balaban J connectivity index is 1.99. The average molecular weight is 210 g/mol. The van der Waals surface area contributed by atoms with Crippen LogP contribution in [0, 0.1) is 5.92 Å². The minimum absolute atomic E-state index is 0.209. The standard InChI is InChI=1S/C12H18OS/c13-12(11-7-8-14-9-11)10-5-3-1-2-4-6-10/h7-10,12-13H,1-6H2. The Kier molecular flexibility index (Phi) is 3.60. The summed E-state index contributed by atoms with van der Waals surface area (Å²) in [5.41, 5.74) is 1.13. The van der Waals surface area contributed by atoms with Crippen LogP contribution in [0.15, 0.2) is 16.8 Å². The maximum atomic E-state index is 10.2. The van der Waals surface area contributed by atoms with E-state index in [1.165, 1.54) is 38.5 Å². The first-order chi connectivity index (χ1) is 6.88. The van der Waals surface area contributed by atoms with E-state index in [4.69, 9.17) is 0 Å². The van der Waals surface area contributed by atoms with Crippen molar-refractivity contribution in [1.29, 1.82) is 0 Å². The van der Waals surface area contributed by atoms with Crippen molar-refractivity contribution >= 4 is 11.3 Å². The van der Waals surface area contributed by atoms with Crippen molar-refractivity contribution in [2.45, 2.75) is 44.6 Å². The largest absolute Gasteiger partial charge is 0.388 e. The van der Waals surface area contributed by atoms with Gasteiger partial charge >= 0.3 is 0 Å². The van der Waals surface area contributed by atoms with Gasteiger partial charge in [0, 0.05) is 0 Å². The molecule has 2 heteroatoms. The smallest absolute Gasteiger partial charge is 0.0826 e. The van der Waals surface area contributed by atoms with Crippen LogP contribution in [0.5, 0.6) is 0 Å². The summed E-state index contributed by atoms with van der Waals surface area (Å²) >= 11 is 1.68. The van der Waals surface area contributed by atoms with E-state index in [0.29, 0.717) is 5.92 Å². The molecule has 1 fully saturated rings. The molecule has 1 nitrogen and oxygen atoms in total. The van der Waals surface area contributed by atoms with E-state index in [1.54, 1.807) is 11.3 Å². The van der Waals surface area contributed by atoms with Crippen LogP contribution in [0.2, 0.25) is 0 Å². The summed E-state index contributed by atoms with van der Waals surface area (Å²) in [5.74, 6) is 0.507. The fourth-order valence-corrected chi connectivity index (χ4v) is 3.03. The fraction of sp³-hybridized carbons (Fsp3) is 0.667. The molecular formula is C12H18OS. The van der Waals surface area contributed by atoms with Gasteiger partial charge in [0.1, 0.15) is 0 Å². The molecule has 1 saturated carbocycles. The van der Waals surface area contributed by atoms with E-state index < -0.39 is 0 Å². The molecule has 1 aliphatic rings. The van der Waals surface area contributed by atoms with Crippen molar-refractivity contribution in [3.63, 3.8) is 0 Å². The zero-order chi connectivity index (χ0) is 9.80. The van der Waals surface area contributed by atoms with Crippen molar-refractivity contribution in [2.75, 3.05) is 0 Å². The fourth-order valence-electron chi connectivity index (χ4n) is 2.34. The molecule has 1 aromatic heterocycles. The molecular weight excluding hydrogens is 192 g/mol. The molecule has 2 rings (SSSR count). The first kappa shape index (κ1) is 10.2. The Labute approximate surface area is 89.8 Å². The second-order valence-electron chi connectivity index (χ2n) is 4.25. The summed E-state index contributed by atoms with van der Waals surface area (Å²) < 4.78 is 0. The summed E-state index contributed by atoms with van der Waals surface area (Å²) in [4.78, 5) is 0. The van der Waals surface area contributed by atoms with Crippen molar-refractivity contribution in [3.8, 4) is 0 Å². The van der Waals surface area contributed by atoms with Gasteiger partial charge in [-0.3, -0.25) is 0 Å². The lowest BCUT2D eigenvalue weighted by Crippen LogP contribution is -2.11. The van der Waals surface area contributed by atoms with Crippen LogP contribution in [0.1, 0.15) is 50.2 Å². The summed E-state index contributed by atoms with van der Waals surface area (Å²) in [6.45, 7) is 0. The normalized spacial score (nSPS) is 21.8. The number of hydrogen-bond donors (Lipinski definition) is 1. The number of rotatable bonds is 2. The number of aliphatic hydroxyl groups excluding tert-OH is 1. The van der Waals surface area contributed by atoms with Gasteiger partial charge in [0.25, 0.3) is 0 Å². The lowest BCUT2D eigenvalue weighted by molar-refractivity contribution is 0.0992. The molecule has 14 heavy (non-hydrogen) atoms. The van der Waals surface area contributed by atoms with Gasteiger partial charge in [-0.15, -0.1) is 0 Å². The molecule has 1 aliphatic carbocycles. The molecule has 0 aliphatic heterocycles. The molecule has 0 bridgehead atoms. The zero-order valence-corrected chi connectivity index (χ0v) is 9.30.